The van der Waals surface area contributed by atoms with Crippen LogP contribution in [0.3, 0.4) is 0 Å². The van der Waals surface area contributed by atoms with Gasteiger partial charge in [0.15, 0.2) is 0 Å². The maximum atomic E-state index is 4.59. The number of H-pyrrole nitrogens is 1. The van der Waals surface area contributed by atoms with Crippen molar-refractivity contribution in [3.8, 4) is 44.6 Å². The van der Waals surface area contributed by atoms with Gasteiger partial charge in [0.1, 0.15) is 0 Å². The predicted molar refractivity (Wildman–Crippen MR) is 160 cm³/mol. The number of benzene rings is 5. The standard InChI is InChI=1S/C36H26N2/c1-24-21-29(23-38-24)25-16-18-26(19-17-25)35-30-11-2-4-13-32(30)36(33-14-5-3-12-31(33)35)28-10-8-9-27(22-28)34-15-6-7-20-37-34/h2-23,38H,1H3. The average molecular weight is 487 g/mol. The molecule has 0 aliphatic carbocycles. The molecule has 0 amide bonds. The Hall–Kier alpha value is -4.95. The van der Waals surface area contributed by atoms with Crippen LogP contribution in [0.25, 0.3) is 66.2 Å². The third kappa shape index (κ3) is 3.79. The number of aromatic nitrogens is 2. The van der Waals surface area contributed by atoms with Gasteiger partial charge in [0.2, 0.25) is 0 Å². The maximum Gasteiger partial charge on any atom is 0.0702 e. The summed E-state index contributed by atoms with van der Waals surface area (Å²) >= 11 is 0. The molecule has 1 N–H and O–H groups in total. The molecule has 0 aliphatic heterocycles. The van der Waals surface area contributed by atoms with Crippen LogP contribution in [0.15, 0.2) is 134 Å². The Kier molecular flexibility index (Phi) is 5.37. The van der Waals surface area contributed by atoms with Crippen molar-refractivity contribution in [1.29, 1.82) is 0 Å². The number of nitrogens with zero attached hydrogens (tertiary/aromatic N) is 1. The summed E-state index contributed by atoms with van der Waals surface area (Å²) in [7, 11) is 0. The second-order valence-corrected chi connectivity index (χ2v) is 9.79. The quantitative estimate of drug-likeness (QED) is 0.246. The topological polar surface area (TPSA) is 28.7 Å². The van der Waals surface area contributed by atoms with E-state index in [1.165, 1.54) is 60.6 Å². The van der Waals surface area contributed by atoms with Crippen LogP contribution in [0, 0.1) is 6.92 Å². The first-order chi connectivity index (χ1) is 18.8. The average Bonchev–Trinajstić information content (AvgIpc) is 3.42. The Balaban J connectivity index is 1.47. The summed E-state index contributed by atoms with van der Waals surface area (Å²) in [6.45, 7) is 2.09. The molecular weight excluding hydrogens is 460 g/mol. The molecule has 2 heteroatoms. The highest BCUT2D eigenvalue weighted by molar-refractivity contribution is 6.21. The highest BCUT2D eigenvalue weighted by atomic mass is 14.7. The Morgan fingerprint density at radius 2 is 1.05 bits per heavy atom. The van der Waals surface area contributed by atoms with Crippen molar-refractivity contribution < 1.29 is 0 Å². The molecule has 7 aromatic rings. The summed E-state index contributed by atoms with van der Waals surface area (Å²) in [5, 5.41) is 5.03. The Morgan fingerprint density at radius 3 is 1.63 bits per heavy atom. The van der Waals surface area contributed by atoms with Gasteiger partial charge in [0, 0.05) is 23.7 Å². The number of hydrogen-bond donors (Lipinski definition) is 1. The van der Waals surface area contributed by atoms with Crippen molar-refractivity contribution in [3.05, 3.63) is 139 Å². The monoisotopic (exact) mass is 486 g/mol. The third-order valence-corrected chi connectivity index (χ3v) is 7.38. The fourth-order valence-electron chi connectivity index (χ4n) is 5.62. The summed E-state index contributed by atoms with van der Waals surface area (Å²) in [4.78, 5) is 7.88. The lowest BCUT2D eigenvalue weighted by atomic mass is 9.85. The van der Waals surface area contributed by atoms with Gasteiger partial charge in [-0.2, -0.15) is 0 Å². The molecule has 0 spiro atoms. The SMILES string of the molecule is Cc1cc(-c2ccc(-c3c4ccccc4c(-c4cccc(-c5ccccn5)c4)c4ccccc34)cc2)c[nH]1. The van der Waals surface area contributed by atoms with Crippen LogP contribution < -0.4 is 0 Å². The lowest BCUT2D eigenvalue weighted by Gasteiger charge is -2.18. The smallest absolute Gasteiger partial charge is 0.0702 e. The van der Waals surface area contributed by atoms with Gasteiger partial charge >= 0.3 is 0 Å². The number of fused-ring (bicyclic) bond motifs is 2. The van der Waals surface area contributed by atoms with Crippen molar-refractivity contribution in [3.63, 3.8) is 0 Å². The van der Waals surface area contributed by atoms with Gasteiger partial charge in [-0.05, 0) is 86.1 Å². The first kappa shape index (κ1) is 22.3. The van der Waals surface area contributed by atoms with Crippen LogP contribution in [-0.4, -0.2) is 9.97 Å². The van der Waals surface area contributed by atoms with Crippen molar-refractivity contribution in [2.24, 2.45) is 0 Å². The number of aryl methyl sites for hydroxylation is 1. The highest BCUT2D eigenvalue weighted by Crippen LogP contribution is 2.44. The summed E-state index contributed by atoms with van der Waals surface area (Å²) in [6.07, 6.45) is 3.92. The molecule has 0 saturated heterocycles. The minimum atomic E-state index is 0.984. The first-order valence-corrected chi connectivity index (χ1v) is 13.0. The molecule has 0 atom stereocenters. The van der Waals surface area contributed by atoms with Crippen molar-refractivity contribution in [2.45, 2.75) is 6.92 Å². The number of pyridine rings is 1. The van der Waals surface area contributed by atoms with Crippen LogP contribution in [0.4, 0.5) is 0 Å². The van der Waals surface area contributed by atoms with E-state index >= 15 is 0 Å². The molecule has 0 aliphatic rings. The molecule has 0 fully saturated rings. The van der Waals surface area contributed by atoms with Gasteiger partial charge in [-0.3, -0.25) is 4.98 Å². The van der Waals surface area contributed by atoms with Gasteiger partial charge in [-0.25, -0.2) is 0 Å². The van der Waals surface area contributed by atoms with Gasteiger partial charge in [0.05, 0.1) is 5.69 Å². The third-order valence-electron chi connectivity index (χ3n) is 7.38. The fraction of sp³-hybridized carbons (Fsp3) is 0.0278. The van der Waals surface area contributed by atoms with E-state index in [1.807, 2.05) is 18.3 Å². The summed E-state index contributed by atoms with van der Waals surface area (Å²) in [5.74, 6) is 0. The van der Waals surface area contributed by atoms with E-state index < -0.39 is 0 Å². The summed E-state index contributed by atoms with van der Waals surface area (Å²) in [5.41, 5.74) is 10.7. The molecular formula is C36H26N2. The fourth-order valence-corrected chi connectivity index (χ4v) is 5.62. The minimum Gasteiger partial charge on any atom is -0.365 e. The lowest BCUT2D eigenvalue weighted by molar-refractivity contribution is 1.27. The zero-order valence-corrected chi connectivity index (χ0v) is 21.1. The molecule has 0 unspecified atom stereocenters. The van der Waals surface area contributed by atoms with Gasteiger partial charge < -0.3 is 4.98 Å². The zero-order chi connectivity index (χ0) is 25.5. The van der Waals surface area contributed by atoms with E-state index in [0.717, 1.165) is 11.3 Å². The molecule has 7 rings (SSSR count). The van der Waals surface area contributed by atoms with Crippen LogP contribution in [0.5, 0.6) is 0 Å². The van der Waals surface area contributed by atoms with Gasteiger partial charge in [-0.15, -0.1) is 0 Å². The van der Waals surface area contributed by atoms with Crippen LogP contribution >= 0.6 is 0 Å². The van der Waals surface area contributed by atoms with E-state index in [4.69, 9.17) is 0 Å². The highest BCUT2D eigenvalue weighted by Gasteiger charge is 2.17. The Morgan fingerprint density at radius 1 is 0.474 bits per heavy atom. The molecule has 0 bridgehead atoms. The van der Waals surface area contributed by atoms with E-state index in [1.54, 1.807) is 0 Å². The second-order valence-electron chi connectivity index (χ2n) is 9.79. The molecule has 5 aromatic carbocycles. The Labute approximate surface area is 222 Å². The van der Waals surface area contributed by atoms with Crippen molar-refractivity contribution in [1.82, 2.24) is 9.97 Å². The van der Waals surface area contributed by atoms with E-state index in [-0.39, 0.29) is 0 Å². The van der Waals surface area contributed by atoms with Crippen LogP contribution in [0.1, 0.15) is 5.69 Å². The predicted octanol–water partition coefficient (Wildman–Crippen LogP) is 9.69. The van der Waals surface area contributed by atoms with E-state index in [9.17, 15) is 0 Å². The summed E-state index contributed by atoms with van der Waals surface area (Å²) < 4.78 is 0. The van der Waals surface area contributed by atoms with Crippen LogP contribution in [0.2, 0.25) is 0 Å². The minimum absolute atomic E-state index is 0.984. The Bertz CT molecular complexity index is 1850. The van der Waals surface area contributed by atoms with E-state index in [2.05, 4.69) is 132 Å². The normalized spacial score (nSPS) is 11.3. The second kappa shape index (κ2) is 9.17. The van der Waals surface area contributed by atoms with Crippen molar-refractivity contribution in [2.75, 3.05) is 0 Å². The summed E-state index contributed by atoms with van der Waals surface area (Å²) in [6, 6.07) is 43.6. The van der Waals surface area contributed by atoms with E-state index in [0.29, 0.717) is 0 Å². The van der Waals surface area contributed by atoms with Crippen molar-refractivity contribution >= 4 is 21.5 Å². The van der Waals surface area contributed by atoms with Gasteiger partial charge in [0.25, 0.3) is 0 Å². The number of rotatable bonds is 4. The maximum absolute atomic E-state index is 4.59. The molecule has 0 saturated carbocycles. The number of nitrogens with one attached hydrogen (secondary N) is 1. The molecule has 2 aromatic heterocycles. The first-order valence-electron chi connectivity index (χ1n) is 13.0. The number of hydrogen-bond acceptors (Lipinski definition) is 1. The molecule has 2 nitrogen and oxygen atoms in total. The van der Waals surface area contributed by atoms with Crippen LogP contribution in [-0.2, 0) is 0 Å². The van der Waals surface area contributed by atoms with Gasteiger partial charge in [-0.1, -0.05) is 97.1 Å². The largest absolute Gasteiger partial charge is 0.365 e. The molecule has 2 heterocycles. The molecule has 180 valence electrons. The molecule has 38 heavy (non-hydrogen) atoms. The lowest BCUT2D eigenvalue weighted by Crippen LogP contribution is -1.91. The molecule has 0 radical (unpaired) electrons. The number of aromatic amines is 1. The zero-order valence-electron chi connectivity index (χ0n) is 21.1.